The van der Waals surface area contributed by atoms with Gasteiger partial charge in [-0.3, -0.25) is 14.3 Å². The molecule has 30 heavy (non-hydrogen) atoms. The lowest BCUT2D eigenvalue weighted by Crippen LogP contribution is -2.29. The van der Waals surface area contributed by atoms with Crippen molar-refractivity contribution in [3.63, 3.8) is 0 Å². The van der Waals surface area contributed by atoms with Crippen molar-refractivity contribution in [2.24, 2.45) is 0 Å². The summed E-state index contributed by atoms with van der Waals surface area (Å²) >= 11 is 0. The SMILES string of the molecule is CCN1CCc2c([nH]c3cc(-n4ccc(OCc5ccccc5)cc4=O)ccc23)C1. The van der Waals surface area contributed by atoms with Crippen molar-refractivity contribution in [2.75, 3.05) is 13.1 Å². The van der Waals surface area contributed by atoms with Crippen LogP contribution in [-0.4, -0.2) is 27.5 Å². The Morgan fingerprint density at radius 2 is 1.93 bits per heavy atom. The van der Waals surface area contributed by atoms with Gasteiger partial charge in [-0.15, -0.1) is 0 Å². The normalized spacial score (nSPS) is 14.0. The van der Waals surface area contributed by atoms with E-state index in [9.17, 15) is 4.79 Å². The van der Waals surface area contributed by atoms with E-state index < -0.39 is 0 Å². The number of benzene rings is 2. The molecule has 5 rings (SSSR count). The summed E-state index contributed by atoms with van der Waals surface area (Å²) in [6, 6.07) is 19.5. The number of rotatable bonds is 5. The number of nitrogens with zero attached hydrogens (tertiary/aromatic N) is 2. The van der Waals surface area contributed by atoms with Crippen LogP contribution in [0, 0.1) is 0 Å². The molecule has 2 aromatic carbocycles. The van der Waals surface area contributed by atoms with E-state index in [1.165, 1.54) is 16.6 Å². The van der Waals surface area contributed by atoms with Gasteiger partial charge in [0.25, 0.3) is 5.56 Å². The zero-order chi connectivity index (χ0) is 20.5. The van der Waals surface area contributed by atoms with E-state index in [1.807, 2.05) is 42.5 Å². The Kier molecular flexibility index (Phi) is 4.89. The van der Waals surface area contributed by atoms with Gasteiger partial charge in [-0.25, -0.2) is 0 Å². The van der Waals surface area contributed by atoms with Gasteiger partial charge in [-0.2, -0.15) is 0 Å². The molecule has 0 radical (unpaired) electrons. The third-order valence-corrected chi connectivity index (χ3v) is 5.90. The number of hydrogen-bond acceptors (Lipinski definition) is 3. The zero-order valence-corrected chi connectivity index (χ0v) is 17.1. The number of H-pyrrole nitrogens is 1. The number of hydrogen-bond donors (Lipinski definition) is 1. The molecule has 152 valence electrons. The first kappa shape index (κ1) is 18.7. The molecule has 1 N–H and O–H groups in total. The summed E-state index contributed by atoms with van der Waals surface area (Å²) in [5.41, 5.74) is 5.63. The highest BCUT2D eigenvalue weighted by Crippen LogP contribution is 2.29. The summed E-state index contributed by atoms with van der Waals surface area (Å²) in [6.07, 6.45) is 2.85. The topological polar surface area (TPSA) is 50.3 Å². The van der Waals surface area contributed by atoms with E-state index in [-0.39, 0.29) is 5.56 Å². The minimum Gasteiger partial charge on any atom is -0.489 e. The molecule has 0 atom stereocenters. The van der Waals surface area contributed by atoms with Crippen molar-refractivity contribution in [1.82, 2.24) is 14.5 Å². The molecule has 0 fully saturated rings. The second kappa shape index (κ2) is 7.84. The number of ether oxygens (including phenoxy) is 1. The maximum atomic E-state index is 12.7. The highest BCUT2D eigenvalue weighted by atomic mass is 16.5. The number of pyridine rings is 1. The lowest BCUT2D eigenvalue weighted by Gasteiger charge is -2.25. The first-order chi connectivity index (χ1) is 14.7. The Morgan fingerprint density at radius 3 is 2.73 bits per heavy atom. The number of aromatic amines is 1. The lowest BCUT2D eigenvalue weighted by molar-refractivity contribution is 0.266. The van der Waals surface area contributed by atoms with E-state index in [2.05, 4.69) is 28.9 Å². The number of fused-ring (bicyclic) bond motifs is 3. The molecule has 1 aliphatic rings. The Hall–Kier alpha value is -3.31. The van der Waals surface area contributed by atoms with Gasteiger partial charge in [0.15, 0.2) is 0 Å². The molecular formula is C25H25N3O2. The van der Waals surface area contributed by atoms with E-state index in [1.54, 1.807) is 16.8 Å². The first-order valence-corrected chi connectivity index (χ1v) is 10.5. The van der Waals surface area contributed by atoms with E-state index in [0.717, 1.165) is 42.8 Å². The molecule has 5 heteroatoms. The molecule has 0 saturated heterocycles. The summed E-state index contributed by atoms with van der Waals surface area (Å²) in [6.45, 7) is 5.77. The molecule has 5 nitrogen and oxygen atoms in total. The van der Waals surface area contributed by atoms with Crippen molar-refractivity contribution in [3.8, 4) is 11.4 Å². The zero-order valence-electron chi connectivity index (χ0n) is 17.1. The molecule has 1 aliphatic heterocycles. The molecule has 0 unspecified atom stereocenters. The Labute approximate surface area is 175 Å². The molecule has 0 spiro atoms. The quantitative estimate of drug-likeness (QED) is 0.545. The minimum atomic E-state index is -0.103. The summed E-state index contributed by atoms with van der Waals surface area (Å²) in [5.74, 6) is 0.580. The lowest BCUT2D eigenvalue weighted by atomic mass is 10.0. The van der Waals surface area contributed by atoms with Crippen LogP contribution < -0.4 is 10.3 Å². The van der Waals surface area contributed by atoms with Gasteiger partial charge in [0, 0.05) is 41.9 Å². The number of likely N-dealkylation sites (N-methyl/N-ethyl adjacent to an activating group) is 1. The monoisotopic (exact) mass is 399 g/mol. The van der Waals surface area contributed by atoms with Crippen molar-refractivity contribution >= 4 is 10.9 Å². The van der Waals surface area contributed by atoms with Crippen LogP contribution in [0.5, 0.6) is 5.75 Å². The summed E-state index contributed by atoms with van der Waals surface area (Å²) in [5, 5.41) is 1.26. The molecule has 4 aromatic rings. The first-order valence-electron chi connectivity index (χ1n) is 10.5. The highest BCUT2D eigenvalue weighted by molar-refractivity contribution is 5.86. The Balaban J connectivity index is 1.40. The molecule has 2 aromatic heterocycles. The Bertz CT molecular complexity index is 1240. The van der Waals surface area contributed by atoms with Crippen LogP contribution >= 0.6 is 0 Å². The third kappa shape index (κ3) is 3.53. The van der Waals surface area contributed by atoms with Crippen LogP contribution in [0.3, 0.4) is 0 Å². The van der Waals surface area contributed by atoms with E-state index >= 15 is 0 Å². The molecule has 0 bridgehead atoms. The molecule has 3 heterocycles. The molecule has 0 aliphatic carbocycles. The fourth-order valence-corrected chi connectivity index (χ4v) is 4.22. The minimum absolute atomic E-state index is 0.103. The van der Waals surface area contributed by atoms with Crippen LogP contribution in [0.1, 0.15) is 23.7 Å². The van der Waals surface area contributed by atoms with Crippen molar-refractivity contribution in [1.29, 1.82) is 0 Å². The van der Waals surface area contributed by atoms with Crippen LogP contribution in [-0.2, 0) is 19.6 Å². The maximum Gasteiger partial charge on any atom is 0.258 e. The van der Waals surface area contributed by atoms with Crippen LogP contribution in [0.4, 0.5) is 0 Å². The average Bonchev–Trinajstić information content (AvgIpc) is 3.15. The second-order valence-electron chi connectivity index (χ2n) is 7.78. The molecular weight excluding hydrogens is 374 g/mol. The molecule has 0 saturated carbocycles. The summed E-state index contributed by atoms with van der Waals surface area (Å²) < 4.78 is 7.45. The highest BCUT2D eigenvalue weighted by Gasteiger charge is 2.19. The summed E-state index contributed by atoms with van der Waals surface area (Å²) in [7, 11) is 0. The van der Waals surface area contributed by atoms with Crippen molar-refractivity contribution in [2.45, 2.75) is 26.5 Å². The van der Waals surface area contributed by atoms with Gasteiger partial charge < -0.3 is 9.72 Å². The number of aromatic nitrogens is 2. The van der Waals surface area contributed by atoms with Crippen LogP contribution in [0.15, 0.2) is 71.7 Å². The smallest absolute Gasteiger partial charge is 0.258 e. The third-order valence-electron chi connectivity index (χ3n) is 5.90. The van der Waals surface area contributed by atoms with Gasteiger partial charge in [0.1, 0.15) is 12.4 Å². The summed E-state index contributed by atoms with van der Waals surface area (Å²) in [4.78, 5) is 18.8. The van der Waals surface area contributed by atoms with E-state index in [4.69, 9.17) is 4.74 Å². The maximum absolute atomic E-state index is 12.7. The Morgan fingerprint density at radius 1 is 1.07 bits per heavy atom. The van der Waals surface area contributed by atoms with Gasteiger partial charge in [0.2, 0.25) is 0 Å². The number of nitrogens with one attached hydrogen (secondary N) is 1. The van der Waals surface area contributed by atoms with Gasteiger partial charge in [-0.05, 0) is 42.3 Å². The fourth-order valence-electron chi connectivity index (χ4n) is 4.22. The van der Waals surface area contributed by atoms with Crippen LogP contribution in [0.2, 0.25) is 0 Å². The molecule has 0 amide bonds. The van der Waals surface area contributed by atoms with Crippen molar-refractivity contribution < 1.29 is 4.74 Å². The van der Waals surface area contributed by atoms with Gasteiger partial charge in [0.05, 0.1) is 5.69 Å². The van der Waals surface area contributed by atoms with Crippen LogP contribution in [0.25, 0.3) is 16.6 Å². The van der Waals surface area contributed by atoms with Gasteiger partial charge >= 0.3 is 0 Å². The van der Waals surface area contributed by atoms with Gasteiger partial charge in [-0.1, -0.05) is 43.3 Å². The van der Waals surface area contributed by atoms with E-state index in [0.29, 0.717) is 12.4 Å². The largest absolute Gasteiger partial charge is 0.489 e. The predicted octanol–water partition coefficient (Wildman–Crippen LogP) is 4.28. The second-order valence-corrected chi connectivity index (χ2v) is 7.78. The predicted molar refractivity (Wildman–Crippen MR) is 119 cm³/mol. The standard InChI is InChI=1S/C25H25N3O2/c1-2-27-12-11-22-21-9-8-19(14-23(21)26-24(22)16-27)28-13-10-20(15-25(28)29)30-17-18-6-4-3-5-7-18/h3-10,13-15,26H,2,11-12,16-17H2,1H3. The average molecular weight is 399 g/mol. The fraction of sp³-hybridized carbons (Fsp3) is 0.240. The van der Waals surface area contributed by atoms with Crippen molar-refractivity contribution in [3.05, 3.63) is 94.0 Å².